The molecule has 0 aromatic rings. The van der Waals surface area contributed by atoms with Gasteiger partial charge in [-0.25, -0.2) is 0 Å². The molecule has 0 aliphatic rings. The molecule has 8 heavy (non-hydrogen) atoms. The maximum atomic E-state index is 9.76. The van der Waals surface area contributed by atoms with Crippen LogP contribution in [0.2, 0.25) is 0 Å². The Morgan fingerprint density at radius 2 is 2.12 bits per heavy atom. The normalized spacial score (nSPS) is 7.62. The maximum absolute atomic E-state index is 9.76. The molecule has 0 rings (SSSR count). The fourth-order valence-electron chi connectivity index (χ4n) is 0.328. The average Bonchev–Trinajstić information content (AvgIpc) is 1.61. The van der Waals surface area contributed by atoms with Crippen molar-refractivity contribution in [1.82, 2.24) is 0 Å². The van der Waals surface area contributed by atoms with Crippen LogP contribution >= 0.6 is 0 Å². The third kappa shape index (κ3) is 9.90. The van der Waals surface area contributed by atoms with Crippen LogP contribution < -0.4 is 0 Å². The van der Waals surface area contributed by atoms with E-state index in [-0.39, 0.29) is 38.6 Å². The Morgan fingerprint density at radius 1 is 1.62 bits per heavy atom. The monoisotopic (exact) mass is 261 g/mol. The Morgan fingerprint density at radius 3 is 2.25 bits per heavy atom. The van der Waals surface area contributed by atoms with Gasteiger partial charge in [0.1, 0.15) is 0 Å². The van der Waals surface area contributed by atoms with Crippen molar-refractivity contribution in [2.45, 2.75) is 26.2 Å². The molecule has 0 aliphatic carbocycles. The molecule has 0 unspecified atom stereocenters. The molecule has 0 spiro atoms. The molecule has 0 aromatic carbocycles. The van der Waals surface area contributed by atoms with Gasteiger partial charge < -0.3 is 5.11 Å². The summed E-state index contributed by atoms with van der Waals surface area (Å²) in [6.07, 6.45) is 2.08. The van der Waals surface area contributed by atoms with Crippen molar-refractivity contribution in [3.63, 3.8) is 0 Å². The van der Waals surface area contributed by atoms with Crippen molar-refractivity contribution in [1.29, 1.82) is 0 Å². The zero-order valence-corrected chi connectivity index (χ0v) is 6.95. The van der Waals surface area contributed by atoms with E-state index >= 15 is 0 Å². The van der Waals surface area contributed by atoms with Crippen LogP contribution in [0.15, 0.2) is 0 Å². The molecule has 0 fully saturated rings. The summed E-state index contributed by atoms with van der Waals surface area (Å²) in [6, 6.07) is 0. The Balaban J connectivity index is 0. The quantitative estimate of drug-likeness (QED) is 0.830. The van der Waals surface area contributed by atoms with E-state index in [4.69, 9.17) is 5.11 Å². The zero-order valence-electron chi connectivity index (χ0n) is 4.81. The second kappa shape index (κ2) is 7.76. The molecule has 2 nitrogen and oxygen atoms in total. The van der Waals surface area contributed by atoms with Crippen LogP contribution in [0.3, 0.4) is 0 Å². The minimum Gasteiger partial charge on any atom is -0.481 e. The molecule has 0 saturated heterocycles. The van der Waals surface area contributed by atoms with E-state index in [1.54, 1.807) is 0 Å². The van der Waals surface area contributed by atoms with Gasteiger partial charge in [0, 0.05) is 45.0 Å². The molecule has 0 heterocycles. The predicted octanol–water partition coefficient (Wildman–Crippen LogP) is 1.26. The van der Waals surface area contributed by atoms with Gasteiger partial charge in [-0.3, -0.25) is 4.79 Å². The van der Waals surface area contributed by atoms with Crippen LogP contribution in [-0.2, 0) is 4.79 Å². The molecule has 0 bridgehead atoms. The maximum Gasteiger partial charge on any atom is 0.303 e. The fourth-order valence-corrected chi connectivity index (χ4v) is 0.328. The van der Waals surface area contributed by atoms with Crippen molar-refractivity contribution in [3.8, 4) is 0 Å². The second-order valence-corrected chi connectivity index (χ2v) is 1.50. The van der Waals surface area contributed by atoms with Crippen LogP contribution in [-0.4, -0.2) is 11.1 Å². The number of carboxylic acid groups (broad SMARTS) is 1. The van der Waals surface area contributed by atoms with Crippen LogP contribution in [0.25, 0.3) is 0 Å². The first-order valence-corrected chi connectivity index (χ1v) is 2.49. The summed E-state index contributed by atoms with van der Waals surface area (Å²) in [4.78, 5) is 9.76. The Labute approximate surface area is 80.1 Å². The molecule has 1 N–H and O–H groups in total. The molecule has 0 aliphatic heterocycles. The van der Waals surface area contributed by atoms with Crippen LogP contribution in [0, 0.1) is 38.6 Å². The SMILES string of the molecule is CCCCC(=O)O.[Tb]. The van der Waals surface area contributed by atoms with Crippen LogP contribution in [0.1, 0.15) is 26.2 Å². The number of aliphatic carboxylic acids is 1. The second-order valence-electron chi connectivity index (χ2n) is 1.50. The molecule has 0 aromatic heterocycles. The smallest absolute Gasteiger partial charge is 0.303 e. The van der Waals surface area contributed by atoms with Gasteiger partial charge in [0.25, 0.3) is 0 Å². The first kappa shape index (κ1) is 11.5. The van der Waals surface area contributed by atoms with E-state index in [0.29, 0.717) is 6.42 Å². The van der Waals surface area contributed by atoms with E-state index in [2.05, 4.69) is 0 Å². The van der Waals surface area contributed by atoms with E-state index < -0.39 is 5.97 Å². The fraction of sp³-hybridized carbons (Fsp3) is 0.800. The van der Waals surface area contributed by atoms with Gasteiger partial charge in [-0.2, -0.15) is 0 Å². The molecule has 0 atom stereocenters. The predicted molar refractivity (Wildman–Crippen MR) is 27.2 cm³/mol. The van der Waals surface area contributed by atoms with Crippen LogP contribution in [0.5, 0.6) is 0 Å². The minimum absolute atomic E-state index is 0. The van der Waals surface area contributed by atoms with Crippen molar-refractivity contribution in [2.75, 3.05) is 0 Å². The van der Waals surface area contributed by atoms with E-state index in [1.807, 2.05) is 6.92 Å². The van der Waals surface area contributed by atoms with Gasteiger partial charge in [0.2, 0.25) is 0 Å². The van der Waals surface area contributed by atoms with Crippen molar-refractivity contribution < 1.29 is 48.5 Å². The Bertz CT molecular complexity index is 63.4. The summed E-state index contributed by atoms with van der Waals surface area (Å²) < 4.78 is 0. The number of carbonyl (C=O) groups is 1. The molecule has 3 heteroatoms. The van der Waals surface area contributed by atoms with E-state index in [9.17, 15) is 4.79 Å². The van der Waals surface area contributed by atoms with E-state index in [1.165, 1.54) is 0 Å². The summed E-state index contributed by atoms with van der Waals surface area (Å²) >= 11 is 0. The first-order valence-electron chi connectivity index (χ1n) is 2.49. The Hall–Kier alpha value is 0.756. The van der Waals surface area contributed by atoms with Crippen molar-refractivity contribution in [2.24, 2.45) is 0 Å². The summed E-state index contributed by atoms with van der Waals surface area (Å²) in [6.45, 7) is 1.98. The van der Waals surface area contributed by atoms with Gasteiger partial charge in [-0.1, -0.05) is 13.3 Å². The zero-order chi connectivity index (χ0) is 5.70. The summed E-state index contributed by atoms with van der Waals surface area (Å²) in [5, 5.41) is 8.04. The van der Waals surface area contributed by atoms with Gasteiger partial charge in [0.15, 0.2) is 0 Å². The molecule has 0 saturated carbocycles. The number of rotatable bonds is 3. The van der Waals surface area contributed by atoms with E-state index in [0.717, 1.165) is 12.8 Å². The molecule has 51 valence electrons. The molecule has 1 radical (unpaired) electrons. The summed E-state index contributed by atoms with van der Waals surface area (Å²) in [7, 11) is 0. The largest absolute Gasteiger partial charge is 0.481 e. The van der Waals surface area contributed by atoms with Crippen molar-refractivity contribution in [3.05, 3.63) is 0 Å². The molecule has 0 amide bonds. The van der Waals surface area contributed by atoms with Gasteiger partial charge >= 0.3 is 5.97 Å². The number of hydrogen-bond donors (Lipinski definition) is 1. The topological polar surface area (TPSA) is 37.3 Å². The number of carboxylic acids is 1. The standard InChI is InChI=1S/C5H10O2.Tb/c1-2-3-4-5(6)7;/h2-4H2,1H3,(H,6,7);. The molecular weight excluding hydrogens is 251 g/mol. The third-order valence-corrected chi connectivity index (χ3v) is 0.744. The van der Waals surface area contributed by atoms with Gasteiger partial charge in [-0.05, 0) is 6.42 Å². The summed E-state index contributed by atoms with van der Waals surface area (Å²) in [5.41, 5.74) is 0. The van der Waals surface area contributed by atoms with Gasteiger partial charge in [0.05, 0.1) is 0 Å². The number of hydrogen-bond acceptors (Lipinski definition) is 1. The third-order valence-electron chi connectivity index (χ3n) is 0.744. The first-order chi connectivity index (χ1) is 3.27. The minimum atomic E-state index is -0.693. The molecular formula is C5H10O2Tb. The average molecular weight is 261 g/mol. The summed E-state index contributed by atoms with van der Waals surface area (Å²) in [5.74, 6) is -0.693. The van der Waals surface area contributed by atoms with Gasteiger partial charge in [-0.15, -0.1) is 0 Å². The van der Waals surface area contributed by atoms with Crippen molar-refractivity contribution >= 4 is 5.97 Å². The number of unbranched alkanes of at least 4 members (excludes halogenated alkanes) is 1. The Kier molecular flexibility index (Phi) is 11.2. The van der Waals surface area contributed by atoms with Crippen LogP contribution in [0.4, 0.5) is 0 Å².